The van der Waals surface area contributed by atoms with Gasteiger partial charge in [0.15, 0.2) is 0 Å². The zero-order chi connectivity index (χ0) is 12.5. The van der Waals surface area contributed by atoms with Gasteiger partial charge < -0.3 is 15.2 Å². The highest BCUT2D eigenvalue weighted by molar-refractivity contribution is 5.79. The summed E-state index contributed by atoms with van der Waals surface area (Å²) >= 11 is 0. The van der Waals surface area contributed by atoms with Crippen molar-refractivity contribution < 1.29 is 4.79 Å². The maximum absolute atomic E-state index is 11.6. The molecule has 2 aliphatic heterocycles. The molecular formula is C12H17N5O. The van der Waals surface area contributed by atoms with Gasteiger partial charge in [0.05, 0.1) is 0 Å². The first kappa shape index (κ1) is 11.3. The molecule has 6 heteroatoms. The molecule has 6 nitrogen and oxygen atoms in total. The molecule has 3 rings (SSSR count). The Morgan fingerprint density at radius 1 is 1.39 bits per heavy atom. The molecule has 2 fully saturated rings. The topological polar surface area (TPSA) is 74.5 Å². The number of nitrogen functional groups attached to an aromatic ring is 1. The fourth-order valence-corrected chi connectivity index (χ4v) is 2.75. The van der Waals surface area contributed by atoms with Crippen molar-refractivity contribution in [2.75, 3.05) is 30.0 Å². The molecule has 3 N–H and O–H groups in total. The SMILES string of the molecule is NNc1cccc(N2CCN3C(=O)CCC3C2)n1. The number of rotatable bonds is 2. The Bertz CT molecular complexity index is 464. The molecule has 0 saturated carbocycles. The van der Waals surface area contributed by atoms with Gasteiger partial charge in [-0.3, -0.25) is 4.79 Å². The molecule has 18 heavy (non-hydrogen) atoms. The quantitative estimate of drug-likeness (QED) is 0.576. The maximum Gasteiger partial charge on any atom is 0.223 e. The highest BCUT2D eigenvalue weighted by Crippen LogP contribution is 2.25. The fourth-order valence-electron chi connectivity index (χ4n) is 2.75. The summed E-state index contributed by atoms with van der Waals surface area (Å²) in [5.74, 6) is 7.25. The van der Waals surface area contributed by atoms with Crippen LogP contribution >= 0.6 is 0 Å². The van der Waals surface area contributed by atoms with Crippen LogP contribution in [-0.2, 0) is 4.79 Å². The number of carbonyl (C=O) groups is 1. The molecule has 0 aliphatic carbocycles. The minimum Gasteiger partial charge on any atom is -0.353 e. The molecule has 1 atom stereocenters. The number of fused-ring (bicyclic) bond motifs is 1. The minimum absolute atomic E-state index is 0.296. The van der Waals surface area contributed by atoms with Gasteiger partial charge in [-0.2, -0.15) is 0 Å². The van der Waals surface area contributed by atoms with E-state index in [1.165, 1.54) is 0 Å². The van der Waals surface area contributed by atoms with E-state index < -0.39 is 0 Å². The van der Waals surface area contributed by atoms with Crippen LogP contribution in [0.5, 0.6) is 0 Å². The molecule has 2 saturated heterocycles. The van der Waals surface area contributed by atoms with Gasteiger partial charge in [0.1, 0.15) is 11.6 Å². The van der Waals surface area contributed by atoms with Crippen molar-refractivity contribution >= 4 is 17.5 Å². The van der Waals surface area contributed by atoms with E-state index >= 15 is 0 Å². The van der Waals surface area contributed by atoms with Crippen molar-refractivity contribution in [3.8, 4) is 0 Å². The number of pyridine rings is 1. The molecule has 1 amide bonds. The Morgan fingerprint density at radius 3 is 3.11 bits per heavy atom. The maximum atomic E-state index is 11.6. The molecule has 3 heterocycles. The summed E-state index contributed by atoms with van der Waals surface area (Å²) < 4.78 is 0. The van der Waals surface area contributed by atoms with Gasteiger partial charge in [-0.15, -0.1) is 0 Å². The van der Waals surface area contributed by atoms with Gasteiger partial charge in [-0.05, 0) is 18.6 Å². The average Bonchev–Trinajstić information content (AvgIpc) is 2.80. The largest absolute Gasteiger partial charge is 0.353 e. The molecular weight excluding hydrogens is 230 g/mol. The Balaban J connectivity index is 1.76. The van der Waals surface area contributed by atoms with Gasteiger partial charge in [0.25, 0.3) is 0 Å². The number of aromatic nitrogens is 1. The third kappa shape index (κ3) is 1.88. The molecule has 2 aliphatic rings. The van der Waals surface area contributed by atoms with E-state index in [1.807, 2.05) is 23.1 Å². The summed E-state index contributed by atoms with van der Waals surface area (Å²) in [4.78, 5) is 20.3. The third-order valence-electron chi connectivity index (χ3n) is 3.70. The van der Waals surface area contributed by atoms with Crippen LogP contribution in [-0.4, -0.2) is 41.5 Å². The van der Waals surface area contributed by atoms with E-state index in [4.69, 9.17) is 5.84 Å². The molecule has 1 aromatic rings. The van der Waals surface area contributed by atoms with Crippen molar-refractivity contribution in [3.05, 3.63) is 18.2 Å². The Kier molecular flexibility index (Phi) is 2.79. The van der Waals surface area contributed by atoms with Crippen LogP contribution in [0.3, 0.4) is 0 Å². The predicted octanol–water partition coefficient (Wildman–Crippen LogP) is 0.178. The average molecular weight is 247 g/mol. The van der Waals surface area contributed by atoms with Crippen LogP contribution in [0.4, 0.5) is 11.6 Å². The van der Waals surface area contributed by atoms with E-state index in [2.05, 4.69) is 15.3 Å². The summed E-state index contributed by atoms with van der Waals surface area (Å²) in [5, 5.41) is 0. The minimum atomic E-state index is 0.296. The smallest absolute Gasteiger partial charge is 0.223 e. The summed E-state index contributed by atoms with van der Waals surface area (Å²) in [6.07, 6.45) is 1.65. The molecule has 0 aromatic carbocycles. The second-order valence-corrected chi connectivity index (χ2v) is 4.75. The van der Waals surface area contributed by atoms with E-state index in [-0.39, 0.29) is 0 Å². The van der Waals surface area contributed by atoms with Gasteiger partial charge in [0.2, 0.25) is 5.91 Å². The van der Waals surface area contributed by atoms with Crippen LogP contribution < -0.4 is 16.2 Å². The Hall–Kier alpha value is -1.82. The summed E-state index contributed by atoms with van der Waals surface area (Å²) in [6, 6.07) is 6.10. The lowest BCUT2D eigenvalue weighted by molar-refractivity contribution is -0.129. The second-order valence-electron chi connectivity index (χ2n) is 4.75. The van der Waals surface area contributed by atoms with Crippen molar-refractivity contribution in [3.63, 3.8) is 0 Å². The van der Waals surface area contributed by atoms with Crippen LogP contribution in [0.25, 0.3) is 0 Å². The van der Waals surface area contributed by atoms with Gasteiger partial charge in [-0.25, -0.2) is 10.8 Å². The van der Waals surface area contributed by atoms with Crippen LogP contribution in [0.2, 0.25) is 0 Å². The number of anilines is 2. The summed E-state index contributed by atoms with van der Waals surface area (Å²) in [5.41, 5.74) is 2.56. The number of hydrogen-bond donors (Lipinski definition) is 2. The molecule has 0 radical (unpaired) electrons. The first-order valence-corrected chi connectivity index (χ1v) is 6.26. The number of carbonyl (C=O) groups excluding carboxylic acids is 1. The zero-order valence-electron chi connectivity index (χ0n) is 10.2. The Labute approximate surface area is 106 Å². The van der Waals surface area contributed by atoms with E-state index in [0.717, 1.165) is 31.9 Å². The zero-order valence-corrected chi connectivity index (χ0v) is 10.2. The van der Waals surface area contributed by atoms with Gasteiger partial charge in [-0.1, -0.05) is 6.07 Å². The molecule has 1 aromatic heterocycles. The molecule has 0 bridgehead atoms. The number of nitrogens with zero attached hydrogens (tertiary/aromatic N) is 3. The highest BCUT2D eigenvalue weighted by atomic mass is 16.2. The van der Waals surface area contributed by atoms with E-state index in [1.54, 1.807) is 0 Å². The van der Waals surface area contributed by atoms with Crippen molar-refractivity contribution in [2.45, 2.75) is 18.9 Å². The molecule has 1 unspecified atom stereocenters. The summed E-state index contributed by atoms with van der Waals surface area (Å²) in [6.45, 7) is 2.50. The summed E-state index contributed by atoms with van der Waals surface area (Å²) in [7, 11) is 0. The lowest BCUT2D eigenvalue weighted by Crippen LogP contribution is -2.51. The number of hydrazine groups is 1. The molecule has 96 valence electrons. The molecule has 0 spiro atoms. The van der Waals surface area contributed by atoms with Crippen molar-refractivity contribution in [2.24, 2.45) is 5.84 Å². The Morgan fingerprint density at radius 2 is 2.28 bits per heavy atom. The normalized spacial score (nSPS) is 23.2. The van der Waals surface area contributed by atoms with Gasteiger partial charge in [0, 0.05) is 32.1 Å². The van der Waals surface area contributed by atoms with Crippen LogP contribution in [0.1, 0.15) is 12.8 Å². The third-order valence-corrected chi connectivity index (χ3v) is 3.70. The first-order valence-electron chi connectivity index (χ1n) is 6.26. The lowest BCUT2D eigenvalue weighted by atomic mass is 10.1. The fraction of sp³-hybridized carbons (Fsp3) is 0.500. The lowest BCUT2D eigenvalue weighted by Gasteiger charge is -2.38. The first-order chi connectivity index (χ1) is 8.78. The highest BCUT2D eigenvalue weighted by Gasteiger charge is 2.35. The number of nitrogens with one attached hydrogen (secondary N) is 1. The second kappa shape index (κ2) is 4.45. The predicted molar refractivity (Wildman–Crippen MR) is 69.0 cm³/mol. The van der Waals surface area contributed by atoms with Crippen LogP contribution in [0.15, 0.2) is 18.2 Å². The van der Waals surface area contributed by atoms with E-state index in [9.17, 15) is 4.79 Å². The number of nitrogens with two attached hydrogens (primary N) is 1. The van der Waals surface area contributed by atoms with Crippen molar-refractivity contribution in [1.29, 1.82) is 0 Å². The van der Waals surface area contributed by atoms with Gasteiger partial charge >= 0.3 is 0 Å². The number of piperazine rings is 1. The van der Waals surface area contributed by atoms with Crippen molar-refractivity contribution in [1.82, 2.24) is 9.88 Å². The van der Waals surface area contributed by atoms with E-state index in [0.29, 0.717) is 24.2 Å². The van der Waals surface area contributed by atoms with Crippen LogP contribution in [0, 0.1) is 0 Å². The monoisotopic (exact) mass is 247 g/mol. The number of hydrogen-bond acceptors (Lipinski definition) is 5. The number of amides is 1. The standard InChI is InChI=1S/C12H17N5O/c13-15-10-2-1-3-11(14-10)16-6-7-17-9(8-16)4-5-12(17)18/h1-3,9H,4-8,13H2,(H,14,15).